The Balaban J connectivity index is 2.00. The predicted molar refractivity (Wildman–Crippen MR) is 66.7 cm³/mol. The summed E-state index contributed by atoms with van der Waals surface area (Å²) in [6.45, 7) is 0.599. The number of fused-ring (bicyclic) bond motifs is 1. The van der Waals surface area contributed by atoms with Gasteiger partial charge in [-0.2, -0.15) is 5.26 Å². The van der Waals surface area contributed by atoms with Crippen molar-refractivity contribution in [2.24, 2.45) is 5.73 Å². The molecule has 0 saturated heterocycles. The smallest absolute Gasteiger partial charge is 0.119 e. The Morgan fingerprint density at radius 3 is 3.18 bits per heavy atom. The number of aryl methyl sites for hydroxylation is 1. The van der Waals surface area contributed by atoms with Crippen molar-refractivity contribution in [3.63, 3.8) is 0 Å². The highest BCUT2D eigenvalue weighted by molar-refractivity contribution is 5.39. The normalized spacial score (nSPS) is 18.2. The first kappa shape index (κ1) is 11.9. The van der Waals surface area contributed by atoms with Crippen LogP contribution >= 0.6 is 0 Å². The van der Waals surface area contributed by atoms with Gasteiger partial charge in [-0.15, -0.1) is 0 Å². The summed E-state index contributed by atoms with van der Waals surface area (Å²) in [5, 5.41) is 8.43. The van der Waals surface area contributed by atoms with Gasteiger partial charge in [0.15, 0.2) is 0 Å². The van der Waals surface area contributed by atoms with Gasteiger partial charge in [-0.05, 0) is 48.9 Å². The summed E-state index contributed by atoms with van der Waals surface area (Å²) in [5.41, 5.74) is 8.68. The summed E-state index contributed by atoms with van der Waals surface area (Å²) >= 11 is 0. The molecular formula is C14H18N2O. The summed E-state index contributed by atoms with van der Waals surface area (Å²) < 4.78 is 5.62. The molecule has 0 fully saturated rings. The Hall–Kier alpha value is -1.53. The lowest BCUT2D eigenvalue weighted by atomic mass is 9.88. The van der Waals surface area contributed by atoms with Crippen molar-refractivity contribution in [2.45, 2.75) is 38.1 Å². The molecule has 2 rings (SSSR count). The fourth-order valence-electron chi connectivity index (χ4n) is 2.24. The van der Waals surface area contributed by atoms with Crippen molar-refractivity contribution in [3.05, 3.63) is 29.3 Å². The van der Waals surface area contributed by atoms with Crippen molar-refractivity contribution >= 4 is 0 Å². The zero-order valence-electron chi connectivity index (χ0n) is 9.98. The highest BCUT2D eigenvalue weighted by atomic mass is 16.5. The lowest BCUT2D eigenvalue weighted by Gasteiger charge is -2.22. The van der Waals surface area contributed by atoms with Crippen molar-refractivity contribution in [3.8, 4) is 11.8 Å². The molecule has 0 spiro atoms. The first-order valence-electron chi connectivity index (χ1n) is 6.19. The molecule has 0 aliphatic heterocycles. The number of nitrogens with zero attached hydrogens (tertiary/aromatic N) is 1. The van der Waals surface area contributed by atoms with Gasteiger partial charge in [0.05, 0.1) is 12.7 Å². The molecule has 1 aromatic rings. The zero-order valence-corrected chi connectivity index (χ0v) is 9.98. The minimum Gasteiger partial charge on any atom is -0.494 e. The van der Waals surface area contributed by atoms with Gasteiger partial charge in [-0.1, -0.05) is 6.07 Å². The standard InChI is InChI=1S/C14H18N2O/c15-8-1-2-9-17-12-7-6-11-4-3-5-14(16)13(11)10-12/h6-7,10,14H,1-5,9,16H2. The van der Waals surface area contributed by atoms with Crippen molar-refractivity contribution < 1.29 is 4.74 Å². The number of unbranched alkanes of at least 4 members (excludes halogenated alkanes) is 1. The van der Waals surface area contributed by atoms with Crippen molar-refractivity contribution in [1.29, 1.82) is 5.26 Å². The fraction of sp³-hybridized carbons (Fsp3) is 0.500. The van der Waals surface area contributed by atoms with E-state index in [4.69, 9.17) is 15.7 Å². The molecule has 0 aromatic heterocycles. The zero-order chi connectivity index (χ0) is 12.1. The Morgan fingerprint density at radius 2 is 2.35 bits per heavy atom. The Labute approximate surface area is 102 Å². The van der Waals surface area contributed by atoms with Crippen molar-refractivity contribution in [1.82, 2.24) is 0 Å². The molecule has 2 N–H and O–H groups in total. The molecule has 3 nitrogen and oxygen atoms in total. The Bertz CT molecular complexity index is 423. The number of nitrogens with two attached hydrogens (primary N) is 1. The summed E-state index contributed by atoms with van der Waals surface area (Å²) in [4.78, 5) is 0. The van der Waals surface area contributed by atoms with Gasteiger partial charge in [0, 0.05) is 12.5 Å². The van der Waals surface area contributed by atoms with E-state index < -0.39 is 0 Å². The molecule has 17 heavy (non-hydrogen) atoms. The van der Waals surface area contributed by atoms with Gasteiger partial charge in [0.25, 0.3) is 0 Å². The summed E-state index contributed by atoms with van der Waals surface area (Å²) in [5.74, 6) is 0.874. The molecular weight excluding hydrogens is 212 g/mol. The van der Waals surface area contributed by atoms with E-state index in [0.29, 0.717) is 13.0 Å². The van der Waals surface area contributed by atoms with E-state index in [9.17, 15) is 0 Å². The van der Waals surface area contributed by atoms with E-state index in [1.807, 2.05) is 6.07 Å². The van der Waals surface area contributed by atoms with Crippen LogP contribution in [0.5, 0.6) is 5.75 Å². The van der Waals surface area contributed by atoms with Gasteiger partial charge < -0.3 is 10.5 Å². The molecule has 1 atom stereocenters. The number of hydrogen-bond acceptors (Lipinski definition) is 3. The van der Waals surface area contributed by atoms with Crippen LogP contribution < -0.4 is 10.5 Å². The number of benzene rings is 1. The average molecular weight is 230 g/mol. The molecule has 0 heterocycles. The Kier molecular flexibility index (Phi) is 4.00. The molecule has 0 saturated carbocycles. The van der Waals surface area contributed by atoms with Crippen LogP contribution in [0, 0.1) is 11.3 Å². The number of hydrogen-bond donors (Lipinski definition) is 1. The minimum absolute atomic E-state index is 0.154. The second-order valence-electron chi connectivity index (χ2n) is 4.47. The number of nitriles is 1. The maximum atomic E-state index is 8.43. The van der Waals surface area contributed by atoms with Gasteiger partial charge >= 0.3 is 0 Å². The van der Waals surface area contributed by atoms with Gasteiger partial charge in [-0.25, -0.2) is 0 Å². The third kappa shape index (κ3) is 2.98. The van der Waals surface area contributed by atoms with Gasteiger partial charge in [-0.3, -0.25) is 0 Å². The molecule has 1 unspecified atom stereocenters. The van der Waals surface area contributed by atoms with Crippen LogP contribution in [-0.2, 0) is 6.42 Å². The largest absolute Gasteiger partial charge is 0.494 e. The lowest BCUT2D eigenvalue weighted by molar-refractivity contribution is 0.312. The van der Waals surface area contributed by atoms with Crippen LogP contribution in [0.25, 0.3) is 0 Å². The molecule has 1 aromatic carbocycles. The predicted octanol–water partition coefficient (Wildman–Crippen LogP) is 2.71. The fourth-order valence-corrected chi connectivity index (χ4v) is 2.24. The molecule has 0 bridgehead atoms. The topological polar surface area (TPSA) is 59.0 Å². The minimum atomic E-state index is 0.154. The van der Waals surface area contributed by atoms with Crippen LogP contribution in [0.4, 0.5) is 0 Å². The van der Waals surface area contributed by atoms with E-state index in [1.165, 1.54) is 17.5 Å². The van der Waals surface area contributed by atoms with Crippen LogP contribution in [0.2, 0.25) is 0 Å². The summed E-state index contributed by atoms with van der Waals surface area (Å²) in [6, 6.07) is 8.45. The molecule has 0 amide bonds. The number of rotatable bonds is 4. The van der Waals surface area contributed by atoms with E-state index in [2.05, 4.69) is 18.2 Å². The molecule has 1 aliphatic rings. The SMILES string of the molecule is N#CCCCOc1ccc2c(c1)C(N)CCC2. The van der Waals surface area contributed by atoms with Gasteiger partial charge in [0.2, 0.25) is 0 Å². The summed E-state index contributed by atoms with van der Waals surface area (Å²) in [7, 11) is 0. The third-order valence-corrected chi connectivity index (χ3v) is 3.18. The van der Waals surface area contributed by atoms with E-state index >= 15 is 0 Å². The van der Waals surface area contributed by atoms with E-state index in [0.717, 1.165) is 25.0 Å². The third-order valence-electron chi connectivity index (χ3n) is 3.18. The first-order valence-corrected chi connectivity index (χ1v) is 6.19. The van der Waals surface area contributed by atoms with Crippen LogP contribution in [0.3, 0.4) is 0 Å². The molecule has 3 heteroatoms. The molecule has 90 valence electrons. The Morgan fingerprint density at radius 1 is 1.47 bits per heavy atom. The average Bonchev–Trinajstić information content (AvgIpc) is 2.36. The quantitative estimate of drug-likeness (QED) is 0.809. The van der Waals surface area contributed by atoms with E-state index in [-0.39, 0.29) is 6.04 Å². The lowest BCUT2D eigenvalue weighted by Crippen LogP contribution is -2.17. The van der Waals surface area contributed by atoms with Crippen LogP contribution in [0.1, 0.15) is 42.9 Å². The number of ether oxygens (including phenoxy) is 1. The monoisotopic (exact) mass is 230 g/mol. The highest BCUT2D eigenvalue weighted by Crippen LogP contribution is 2.30. The van der Waals surface area contributed by atoms with Crippen LogP contribution in [-0.4, -0.2) is 6.61 Å². The maximum Gasteiger partial charge on any atom is 0.119 e. The van der Waals surface area contributed by atoms with Crippen molar-refractivity contribution in [2.75, 3.05) is 6.61 Å². The second kappa shape index (κ2) is 5.70. The molecule has 1 aliphatic carbocycles. The maximum absolute atomic E-state index is 8.43. The summed E-state index contributed by atoms with van der Waals surface area (Å²) in [6.07, 6.45) is 4.68. The highest BCUT2D eigenvalue weighted by Gasteiger charge is 2.17. The van der Waals surface area contributed by atoms with Gasteiger partial charge in [0.1, 0.15) is 5.75 Å². The first-order chi connectivity index (χ1) is 8.31. The van der Waals surface area contributed by atoms with Crippen LogP contribution in [0.15, 0.2) is 18.2 Å². The molecule has 0 radical (unpaired) electrons. The second-order valence-corrected chi connectivity index (χ2v) is 4.47. The van der Waals surface area contributed by atoms with E-state index in [1.54, 1.807) is 0 Å².